The largest absolute Gasteiger partial charge is 0.497 e. The number of ether oxygens (including phenoxy) is 1. The van der Waals surface area contributed by atoms with E-state index < -0.39 is 0 Å². The van der Waals surface area contributed by atoms with E-state index in [1.165, 1.54) is 16.7 Å². The van der Waals surface area contributed by atoms with E-state index in [0.717, 1.165) is 12.2 Å². The van der Waals surface area contributed by atoms with Crippen molar-refractivity contribution in [2.75, 3.05) is 7.11 Å². The fourth-order valence-electron chi connectivity index (χ4n) is 2.32. The minimum Gasteiger partial charge on any atom is -0.497 e. The molecule has 3 rings (SSSR count). The van der Waals surface area contributed by atoms with Crippen LogP contribution in [0.3, 0.4) is 0 Å². The maximum atomic E-state index is 5.28. The van der Waals surface area contributed by atoms with E-state index >= 15 is 0 Å². The van der Waals surface area contributed by atoms with Gasteiger partial charge < -0.3 is 4.74 Å². The second-order valence-electron chi connectivity index (χ2n) is 4.47. The molecule has 90 valence electrons. The van der Waals surface area contributed by atoms with Crippen molar-refractivity contribution in [1.29, 1.82) is 0 Å². The highest BCUT2D eigenvalue weighted by Crippen LogP contribution is 2.29. The SMILES string of the molecule is COc1ccc2c(c1)CC(c1ccccc1)N=C2. The first-order valence-electron chi connectivity index (χ1n) is 6.12. The first-order valence-corrected chi connectivity index (χ1v) is 6.12. The molecule has 0 fully saturated rings. The van der Waals surface area contributed by atoms with Crippen LogP contribution < -0.4 is 4.74 Å². The van der Waals surface area contributed by atoms with E-state index in [9.17, 15) is 0 Å². The molecule has 1 heterocycles. The zero-order valence-corrected chi connectivity index (χ0v) is 10.3. The molecule has 1 atom stereocenters. The monoisotopic (exact) mass is 237 g/mol. The van der Waals surface area contributed by atoms with Crippen molar-refractivity contribution in [2.45, 2.75) is 12.5 Å². The lowest BCUT2D eigenvalue weighted by Crippen LogP contribution is -2.08. The standard InChI is InChI=1S/C16H15NO/c1-18-15-8-7-13-11-17-16(10-14(13)9-15)12-5-3-2-4-6-12/h2-9,11,16H,10H2,1H3. The second-order valence-corrected chi connectivity index (χ2v) is 4.47. The molecule has 0 radical (unpaired) electrons. The quantitative estimate of drug-likeness (QED) is 0.784. The fraction of sp³-hybridized carbons (Fsp3) is 0.188. The Morgan fingerprint density at radius 2 is 1.94 bits per heavy atom. The number of nitrogens with zero attached hydrogens (tertiary/aromatic N) is 1. The Morgan fingerprint density at radius 3 is 2.72 bits per heavy atom. The Kier molecular flexibility index (Phi) is 2.85. The van der Waals surface area contributed by atoms with Crippen LogP contribution in [0.4, 0.5) is 0 Å². The van der Waals surface area contributed by atoms with Gasteiger partial charge in [0, 0.05) is 6.21 Å². The van der Waals surface area contributed by atoms with E-state index in [1.54, 1.807) is 7.11 Å². The van der Waals surface area contributed by atoms with Gasteiger partial charge in [0.25, 0.3) is 0 Å². The lowest BCUT2D eigenvalue weighted by molar-refractivity contribution is 0.414. The van der Waals surface area contributed by atoms with Crippen molar-refractivity contribution in [3.8, 4) is 5.75 Å². The highest BCUT2D eigenvalue weighted by molar-refractivity contribution is 5.83. The summed E-state index contributed by atoms with van der Waals surface area (Å²) in [5.74, 6) is 0.913. The number of methoxy groups -OCH3 is 1. The number of benzene rings is 2. The maximum absolute atomic E-state index is 5.28. The summed E-state index contributed by atoms with van der Waals surface area (Å²) in [4.78, 5) is 4.63. The summed E-state index contributed by atoms with van der Waals surface area (Å²) in [7, 11) is 1.70. The molecule has 2 nitrogen and oxygen atoms in total. The summed E-state index contributed by atoms with van der Waals surface area (Å²) >= 11 is 0. The molecular weight excluding hydrogens is 222 g/mol. The van der Waals surface area contributed by atoms with Gasteiger partial charge >= 0.3 is 0 Å². The molecular formula is C16H15NO. The summed E-state index contributed by atoms with van der Waals surface area (Å²) in [6.45, 7) is 0. The maximum Gasteiger partial charge on any atom is 0.119 e. The predicted octanol–water partition coefficient (Wildman–Crippen LogP) is 3.41. The molecule has 1 unspecified atom stereocenters. The number of hydrogen-bond acceptors (Lipinski definition) is 2. The summed E-state index contributed by atoms with van der Waals surface area (Å²) in [5.41, 5.74) is 3.77. The van der Waals surface area contributed by atoms with Gasteiger partial charge in [0.2, 0.25) is 0 Å². The first-order chi connectivity index (χ1) is 8.86. The van der Waals surface area contributed by atoms with Crippen molar-refractivity contribution >= 4 is 6.21 Å². The third kappa shape index (κ3) is 2.02. The molecule has 0 spiro atoms. The van der Waals surface area contributed by atoms with Gasteiger partial charge in [-0.1, -0.05) is 30.3 Å². The molecule has 2 aromatic carbocycles. The van der Waals surface area contributed by atoms with E-state index in [0.29, 0.717) is 0 Å². The first kappa shape index (κ1) is 11.0. The summed E-state index contributed by atoms with van der Waals surface area (Å²) in [6, 6.07) is 16.8. The van der Waals surface area contributed by atoms with Gasteiger partial charge in [-0.3, -0.25) is 4.99 Å². The van der Waals surface area contributed by atoms with Gasteiger partial charge in [-0.15, -0.1) is 0 Å². The zero-order valence-electron chi connectivity index (χ0n) is 10.3. The summed E-state index contributed by atoms with van der Waals surface area (Å²) in [5, 5.41) is 0. The van der Waals surface area contributed by atoms with Gasteiger partial charge in [0.1, 0.15) is 5.75 Å². The van der Waals surface area contributed by atoms with Crippen molar-refractivity contribution in [3.63, 3.8) is 0 Å². The third-order valence-electron chi connectivity index (χ3n) is 3.34. The molecule has 0 saturated carbocycles. The average Bonchev–Trinajstić information content (AvgIpc) is 2.47. The van der Waals surface area contributed by atoms with Gasteiger partial charge in [-0.2, -0.15) is 0 Å². The van der Waals surface area contributed by atoms with Crippen LogP contribution in [0.2, 0.25) is 0 Å². The Balaban J connectivity index is 1.93. The molecule has 0 amide bonds. The van der Waals surface area contributed by atoms with Crippen LogP contribution in [0.5, 0.6) is 5.75 Å². The Labute approximate surface area is 107 Å². The molecule has 1 aliphatic rings. The number of hydrogen-bond donors (Lipinski definition) is 0. The summed E-state index contributed by atoms with van der Waals surface area (Å²) in [6.07, 6.45) is 2.91. The Hall–Kier alpha value is -2.09. The minimum absolute atomic E-state index is 0.228. The minimum atomic E-state index is 0.228. The lowest BCUT2D eigenvalue weighted by Gasteiger charge is -2.19. The van der Waals surface area contributed by atoms with Crippen LogP contribution in [0.1, 0.15) is 22.7 Å². The zero-order chi connectivity index (χ0) is 12.4. The molecule has 2 heteroatoms. The van der Waals surface area contributed by atoms with Gasteiger partial charge in [0.05, 0.1) is 13.2 Å². The van der Waals surface area contributed by atoms with Crippen LogP contribution in [0.25, 0.3) is 0 Å². The third-order valence-corrected chi connectivity index (χ3v) is 3.34. The molecule has 0 N–H and O–H groups in total. The molecule has 1 aliphatic heterocycles. The normalized spacial score (nSPS) is 17.3. The highest BCUT2D eigenvalue weighted by Gasteiger charge is 2.16. The van der Waals surface area contributed by atoms with E-state index in [1.807, 2.05) is 18.3 Å². The lowest BCUT2D eigenvalue weighted by atomic mass is 9.93. The average molecular weight is 237 g/mol. The highest BCUT2D eigenvalue weighted by atomic mass is 16.5. The van der Waals surface area contributed by atoms with Crippen molar-refractivity contribution < 1.29 is 4.74 Å². The Bertz CT molecular complexity index is 575. The number of rotatable bonds is 2. The van der Waals surface area contributed by atoms with Crippen LogP contribution in [0, 0.1) is 0 Å². The topological polar surface area (TPSA) is 21.6 Å². The molecule has 0 saturated heterocycles. The van der Waals surface area contributed by atoms with Gasteiger partial charge in [0.15, 0.2) is 0 Å². The number of fused-ring (bicyclic) bond motifs is 1. The van der Waals surface area contributed by atoms with E-state index in [2.05, 4.69) is 41.4 Å². The van der Waals surface area contributed by atoms with Crippen LogP contribution in [0.15, 0.2) is 53.5 Å². The molecule has 0 aliphatic carbocycles. The molecule has 18 heavy (non-hydrogen) atoms. The van der Waals surface area contributed by atoms with Crippen LogP contribution in [-0.2, 0) is 6.42 Å². The summed E-state index contributed by atoms with van der Waals surface area (Å²) < 4.78 is 5.28. The van der Waals surface area contributed by atoms with Crippen molar-refractivity contribution in [1.82, 2.24) is 0 Å². The van der Waals surface area contributed by atoms with Crippen molar-refractivity contribution in [2.24, 2.45) is 4.99 Å². The van der Waals surface area contributed by atoms with E-state index in [4.69, 9.17) is 4.74 Å². The Morgan fingerprint density at radius 1 is 1.11 bits per heavy atom. The van der Waals surface area contributed by atoms with Gasteiger partial charge in [-0.25, -0.2) is 0 Å². The number of aliphatic imine (C=N–C) groups is 1. The van der Waals surface area contributed by atoms with E-state index in [-0.39, 0.29) is 6.04 Å². The van der Waals surface area contributed by atoms with Crippen LogP contribution >= 0.6 is 0 Å². The molecule has 0 aromatic heterocycles. The van der Waals surface area contributed by atoms with Crippen molar-refractivity contribution in [3.05, 3.63) is 65.2 Å². The second kappa shape index (κ2) is 4.65. The predicted molar refractivity (Wildman–Crippen MR) is 73.5 cm³/mol. The smallest absolute Gasteiger partial charge is 0.119 e. The fourth-order valence-corrected chi connectivity index (χ4v) is 2.32. The van der Waals surface area contributed by atoms with Crippen LogP contribution in [-0.4, -0.2) is 13.3 Å². The molecule has 0 bridgehead atoms. The van der Waals surface area contributed by atoms with Gasteiger partial charge in [-0.05, 0) is 41.3 Å². The molecule has 2 aromatic rings.